The predicted octanol–water partition coefficient (Wildman–Crippen LogP) is 4.48. The highest BCUT2D eigenvalue weighted by Gasteiger charge is 2.08. The summed E-state index contributed by atoms with van der Waals surface area (Å²) in [4.78, 5) is 13.4. The lowest BCUT2D eigenvalue weighted by Gasteiger charge is -2.06. The van der Waals surface area contributed by atoms with Crippen LogP contribution in [-0.4, -0.2) is 15.0 Å². The molecule has 3 aromatic rings. The molecule has 0 aliphatic carbocycles. The number of nitrogens with zero attached hydrogens (tertiary/aromatic N) is 3. The molecular formula is C17H14ClN3. The van der Waals surface area contributed by atoms with Crippen LogP contribution >= 0.6 is 11.6 Å². The fraction of sp³-hybridized carbons (Fsp3) is 0.118. The Morgan fingerprint density at radius 1 is 0.667 bits per heavy atom. The molecule has 0 aliphatic rings. The van der Waals surface area contributed by atoms with E-state index >= 15 is 0 Å². The van der Waals surface area contributed by atoms with Crippen LogP contribution in [0.5, 0.6) is 0 Å². The van der Waals surface area contributed by atoms with E-state index in [-0.39, 0.29) is 0 Å². The standard InChI is InChI=1S/C17H14ClN3/c1-11-3-5-13(6-4-11)16-19-12(2)20-17(21-16)14-7-9-15(18)10-8-14/h3-10H,1-2H3. The number of aryl methyl sites for hydroxylation is 2. The molecule has 2 aromatic carbocycles. The highest BCUT2D eigenvalue weighted by molar-refractivity contribution is 6.30. The summed E-state index contributed by atoms with van der Waals surface area (Å²) in [6, 6.07) is 15.6. The van der Waals surface area contributed by atoms with Crippen molar-refractivity contribution < 1.29 is 0 Å². The number of rotatable bonds is 2. The van der Waals surface area contributed by atoms with Crippen LogP contribution in [0.2, 0.25) is 5.02 Å². The third-order valence-electron chi connectivity index (χ3n) is 3.16. The van der Waals surface area contributed by atoms with Gasteiger partial charge in [0.2, 0.25) is 0 Å². The van der Waals surface area contributed by atoms with Crippen molar-refractivity contribution in [3.8, 4) is 22.8 Å². The molecule has 1 heterocycles. The van der Waals surface area contributed by atoms with Crippen LogP contribution in [-0.2, 0) is 0 Å². The van der Waals surface area contributed by atoms with Crippen molar-refractivity contribution in [3.05, 3.63) is 64.9 Å². The second kappa shape index (κ2) is 5.62. The molecule has 0 saturated carbocycles. The van der Waals surface area contributed by atoms with Gasteiger partial charge in [0, 0.05) is 16.1 Å². The summed E-state index contributed by atoms with van der Waals surface area (Å²) in [5, 5.41) is 0.697. The Hall–Kier alpha value is -2.26. The zero-order valence-electron chi connectivity index (χ0n) is 11.8. The molecule has 104 valence electrons. The van der Waals surface area contributed by atoms with Crippen molar-refractivity contribution in [2.24, 2.45) is 0 Å². The molecule has 0 amide bonds. The Kier molecular flexibility index (Phi) is 3.67. The third-order valence-corrected chi connectivity index (χ3v) is 3.41. The minimum atomic E-state index is 0.662. The molecule has 3 rings (SSSR count). The predicted molar refractivity (Wildman–Crippen MR) is 85.2 cm³/mol. The smallest absolute Gasteiger partial charge is 0.163 e. The van der Waals surface area contributed by atoms with Gasteiger partial charge in [-0.3, -0.25) is 0 Å². The van der Waals surface area contributed by atoms with Crippen LogP contribution in [0.15, 0.2) is 48.5 Å². The zero-order valence-corrected chi connectivity index (χ0v) is 12.6. The van der Waals surface area contributed by atoms with Gasteiger partial charge in [0.25, 0.3) is 0 Å². The van der Waals surface area contributed by atoms with Gasteiger partial charge in [0.05, 0.1) is 0 Å². The van der Waals surface area contributed by atoms with Crippen LogP contribution in [0.3, 0.4) is 0 Å². The third kappa shape index (κ3) is 3.09. The van der Waals surface area contributed by atoms with Gasteiger partial charge in [-0.1, -0.05) is 41.4 Å². The van der Waals surface area contributed by atoms with Gasteiger partial charge in [-0.2, -0.15) is 0 Å². The summed E-state index contributed by atoms with van der Waals surface area (Å²) in [6.07, 6.45) is 0. The van der Waals surface area contributed by atoms with E-state index < -0.39 is 0 Å². The summed E-state index contributed by atoms with van der Waals surface area (Å²) >= 11 is 5.92. The average molecular weight is 296 g/mol. The zero-order chi connectivity index (χ0) is 14.8. The van der Waals surface area contributed by atoms with Crippen molar-refractivity contribution in [1.82, 2.24) is 15.0 Å². The molecule has 0 spiro atoms. The number of benzene rings is 2. The Morgan fingerprint density at radius 2 is 1.14 bits per heavy atom. The van der Waals surface area contributed by atoms with E-state index in [1.807, 2.05) is 43.3 Å². The van der Waals surface area contributed by atoms with E-state index in [1.165, 1.54) is 5.56 Å². The largest absolute Gasteiger partial charge is 0.213 e. The lowest BCUT2D eigenvalue weighted by atomic mass is 10.1. The van der Waals surface area contributed by atoms with E-state index in [2.05, 4.69) is 34.0 Å². The number of hydrogen-bond acceptors (Lipinski definition) is 3. The molecule has 4 heteroatoms. The van der Waals surface area contributed by atoms with Crippen LogP contribution in [0.1, 0.15) is 11.4 Å². The molecule has 0 N–H and O–H groups in total. The van der Waals surface area contributed by atoms with Gasteiger partial charge < -0.3 is 0 Å². The van der Waals surface area contributed by atoms with Crippen LogP contribution in [0, 0.1) is 13.8 Å². The second-order valence-electron chi connectivity index (χ2n) is 4.90. The van der Waals surface area contributed by atoms with E-state index in [0.717, 1.165) is 11.1 Å². The fourth-order valence-electron chi connectivity index (χ4n) is 2.04. The van der Waals surface area contributed by atoms with Crippen molar-refractivity contribution in [1.29, 1.82) is 0 Å². The first-order valence-electron chi connectivity index (χ1n) is 6.67. The normalized spacial score (nSPS) is 10.6. The molecule has 0 aliphatic heterocycles. The van der Waals surface area contributed by atoms with Gasteiger partial charge in [-0.15, -0.1) is 0 Å². The van der Waals surface area contributed by atoms with Crippen LogP contribution in [0.4, 0.5) is 0 Å². The molecule has 0 radical (unpaired) electrons. The van der Waals surface area contributed by atoms with E-state index in [1.54, 1.807) is 0 Å². The van der Waals surface area contributed by atoms with Crippen molar-refractivity contribution in [3.63, 3.8) is 0 Å². The maximum absolute atomic E-state index is 5.92. The average Bonchev–Trinajstić information content (AvgIpc) is 2.48. The molecule has 0 atom stereocenters. The van der Waals surface area contributed by atoms with Gasteiger partial charge in [-0.05, 0) is 38.1 Å². The van der Waals surface area contributed by atoms with Crippen molar-refractivity contribution >= 4 is 11.6 Å². The quantitative estimate of drug-likeness (QED) is 0.700. The van der Waals surface area contributed by atoms with Crippen LogP contribution in [0.25, 0.3) is 22.8 Å². The van der Waals surface area contributed by atoms with Crippen LogP contribution < -0.4 is 0 Å². The summed E-state index contributed by atoms with van der Waals surface area (Å²) < 4.78 is 0. The molecule has 1 aromatic heterocycles. The lowest BCUT2D eigenvalue weighted by molar-refractivity contribution is 0.992. The maximum atomic E-state index is 5.92. The summed E-state index contributed by atoms with van der Waals surface area (Å²) in [5.41, 5.74) is 3.13. The van der Waals surface area contributed by atoms with E-state index in [4.69, 9.17) is 11.6 Å². The van der Waals surface area contributed by atoms with Gasteiger partial charge >= 0.3 is 0 Å². The first kappa shape index (κ1) is 13.7. The number of aromatic nitrogens is 3. The minimum Gasteiger partial charge on any atom is -0.213 e. The molecule has 21 heavy (non-hydrogen) atoms. The maximum Gasteiger partial charge on any atom is 0.163 e. The van der Waals surface area contributed by atoms with Crippen molar-refractivity contribution in [2.75, 3.05) is 0 Å². The molecular weight excluding hydrogens is 282 g/mol. The molecule has 0 saturated heterocycles. The molecule has 0 bridgehead atoms. The molecule has 0 unspecified atom stereocenters. The van der Waals surface area contributed by atoms with Gasteiger partial charge in [-0.25, -0.2) is 15.0 Å². The Balaban J connectivity index is 2.07. The highest BCUT2D eigenvalue weighted by atomic mass is 35.5. The summed E-state index contributed by atoms with van der Waals surface area (Å²) in [5.74, 6) is 2.05. The van der Waals surface area contributed by atoms with Gasteiger partial charge in [0.15, 0.2) is 11.6 Å². The Bertz CT molecular complexity index is 701. The lowest BCUT2D eigenvalue weighted by Crippen LogP contribution is -1.99. The first-order valence-corrected chi connectivity index (χ1v) is 7.05. The Labute approximate surface area is 128 Å². The Morgan fingerprint density at radius 3 is 1.67 bits per heavy atom. The topological polar surface area (TPSA) is 38.7 Å². The number of hydrogen-bond donors (Lipinski definition) is 0. The van der Waals surface area contributed by atoms with Gasteiger partial charge in [0.1, 0.15) is 5.82 Å². The number of halogens is 1. The monoisotopic (exact) mass is 295 g/mol. The molecule has 3 nitrogen and oxygen atoms in total. The van der Waals surface area contributed by atoms with E-state index in [0.29, 0.717) is 22.5 Å². The molecule has 0 fully saturated rings. The summed E-state index contributed by atoms with van der Waals surface area (Å²) in [6.45, 7) is 3.93. The minimum absolute atomic E-state index is 0.662. The second-order valence-corrected chi connectivity index (χ2v) is 5.34. The summed E-state index contributed by atoms with van der Waals surface area (Å²) in [7, 11) is 0. The van der Waals surface area contributed by atoms with Crippen molar-refractivity contribution in [2.45, 2.75) is 13.8 Å². The SMILES string of the molecule is Cc1ccc(-c2nc(C)nc(-c3ccc(Cl)cc3)n2)cc1. The first-order chi connectivity index (χ1) is 10.1. The fourth-order valence-corrected chi connectivity index (χ4v) is 2.17. The van der Waals surface area contributed by atoms with E-state index in [9.17, 15) is 0 Å². The highest BCUT2D eigenvalue weighted by Crippen LogP contribution is 2.21.